The number of carbonyl (C=O) groups excluding carboxylic acids is 1. The van der Waals surface area contributed by atoms with Gasteiger partial charge in [0.15, 0.2) is 5.96 Å². The Morgan fingerprint density at radius 2 is 1.89 bits per heavy atom. The molecule has 0 bridgehead atoms. The van der Waals surface area contributed by atoms with Crippen LogP contribution < -0.4 is 46.8 Å². The molecule has 0 aromatic heterocycles. The van der Waals surface area contributed by atoms with E-state index in [2.05, 4.69) is 10.7 Å². The number of aliphatic imine (C=N–C) groups is 1. The number of nitrogens with two attached hydrogens (primary N) is 3. The van der Waals surface area contributed by atoms with Gasteiger partial charge in [0.2, 0.25) is 5.91 Å². The van der Waals surface area contributed by atoms with Crippen molar-refractivity contribution in [3.63, 3.8) is 0 Å². The molecule has 0 aromatic carbocycles. The van der Waals surface area contributed by atoms with Gasteiger partial charge in [0.05, 0.1) is 0 Å². The quantitative estimate of drug-likeness (QED) is 0.203. The number of rotatable bonds is 2. The van der Waals surface area contributed by atoms with Crippen LogP contribution in [0.15, 0.2) is 4.99 Å². The molecule has 0 rings (SSSR count). The zero-order chi connectivity index (χ0) is 6.57. The number of primary amides is 1. The maximum atomic E-state index is 9.91. The fourth-order valence-corrected chi connectivity index (χ4v) is 0.169. The van der Waals surface area contributed by atoms with Gasteiger partial charge < -0.3 is 18.6 Å². The molecule has 0 aliphatic rings. The Hall–Kier alpha value is -0.260. The second kappa shape index (κ2) is 5.87. The molecule has 0 heterocycles. The van der Waals surface area contributed by atoms with Crippen molar-refractivity contribution in [1.29, 1.82) is 0 Å². The average Bonchev–Trinajstić information content (AvgIpc) is 1.61. The van der Waals surface area contributed by atoms with Gasteiger partial charge in [-0.1, -0.05) is 0 Å². The Kier molecular flexibility index (Phi) is 7.52. The van der Waals surface area contributed by atoms with Crippen LogP contribution in [-0.4, -0.2) is 18.4 Å². The fourth-order valence-electron chi connectivity index (χ4n) is 0.169. The molecular formula is C3H9N4NaO. The monoisotopic (exact) mass is 140 g/mol. The van der Waals surface area contributed by atoms with Gasteiger partial charge in [-0.25, -0.2) is 4.99 Å². The topological polar surface area (TPSA) is 107 Å². The number of carbonyl (C=O) groups is 1. The molecule has 0 saturated carbocycles. The van der Waals surface area contributed by atoms with Crippen LogP contribution in [0.1, 0.15) is 1.43 Å². The van der Waals surface area contributed by atoms with Gasteiger partial charge in [0, 0.05) is 0 Å². The van der Waals surface area contributed by atoms with E-state index in [1.54, 1.807) is 0 Å². The summed E-state index contributed by atoms with van der Waals surface area (Å²) in [7, 11) is 0. The van der Waals surface area contributed by atoms with E-state index in [1.165, 1.54) is 0 Å². The van der Waals surface area contributed by atoms with Crippen molar-refractivity contribution in [1.82, 2.24) is 0 Å². The first-order valence-electron chi connectivity index (χ1n) is 1.96. The predicted molar refractivity (Wildman–Crippen MR) is 31.0 cm³/mol. The molecule has 6 heteroatoms. The van der Waals surface area contributed by atoms with Gasteiger partial charge in [-0.3, -0.25) is 4.79 Å². The smallest absolute Gasteiger partial charge is 1.00 e. The second-order valence-corrected chi connectivity index (χ2v) is 1.21. The molecule has 0 unspecified atom stereocenters. The van der Waals surface area contributed by atoms with E-state index in [0.29, 0.717) is 0 Å². The van der Waals surface area contributed by atoms with Crippen LogP contribution >= 0.6 is 0 Å². The summed E-state index contributed by atoms with van der Waals surface area (Å²) in [6.07, 6.45) is 0. The minimum atomic E-state index is -0.543. The summed E-state index contributed by atoms with van der Waals surface area (Å²) in [5, 5.41) is 0. The van der Waals surface area contributed by atoms with Crippen molar-refractivity contribution in [2.24, 2.45) is 22.2 Å². The molecule has 0 saturated heterocycles. The number of hydrogen-bond acceptors (Lipinski definition) is 2. The summed E-state index contributed by atoms with van der Waals surface area (Å²) in [4.78, 5) is 13.2. The summed E-state index contributed by atoms with van der Waals surface area (Å²) < 4.78 is 0. The third-order valence-electron chi connectivity index (χ3n) is 0.417. The van der Waals surface area contributed by atoms with Crippen LogP contribution in [0.2, 0.25) is 0 Å². The first-order valence-corrected chi connectivity index (χ1v) is 1.96. The molecule has 5 nitrogen and oxygen atoms in total. The first-order chi connectivity index (χ1) is 3.63. The number of hydrogen-bond donors (Lipinski definition) is 3. The summed E-state index contributed by atoms with van der Waals surface area (Å²) >= 11 is 0. The minimum absolute atomic E-state index is 0. The van der Waals surface area contributed by atoms with E-state index in [-0.39, 0.29) is 43.5 Å². The molecule has 0 aliphatic heterocycles. The van der Waals surface area contributed by atoms with Crippen LogP contribution in [-0.2, 0) is 4.79 Å². The van der Waals surface area contributed by atoms with E-state index in [1.807, 2.05) is 0 Å². The minimum Gasteiger partial charge on any atom is -1.00 e. The summed E-state index contributed by atoms with van der Waals surface area (Å²) in [6.45, 7) is -0.137. The standard InChI is InChI=1S/C3H8N4O.Na.H/c4-2(8)1-7-3(5)6;;/h1H2,(H2,4,8)(H4,5,6,7);;/q;+1;-1. The Morgan fingerprint density at radius 1 is 1.44 bits per heavy atom. The Labute approximate surface area is 76.4 Å². The van der Waals surface area contributed by atoms with Gasteiger partial charge in [-0.05, 0) is 0 Å². The normalized spacial score (nSPS) is 7.11. The molecule has 0 spiro atoms. The largest absolute Gasteiger partial charge is 1.00 e. The fraction of sp³-hybridized carbons (Fsp3) is 0.333. The maximum absolute atomic E-state index is 9.91. The molecule has 0 aliphatic carbocycles. The van der Waals surface area contributed by atoms with Crippen LogP contribution in [0, 0.1) is 0 Å². The van der Waals surface area contributed by atoms with Crippen molar-refractivity contribution < 1.29 is 35.8 Å². The van der Waals surface area contributed by atoms with E-state index < -0.39 is 5.91 Å². The third kappa shape index (κ3) is 11.4. The molecular weight excluding hydrogens is 131 g/mol. The molecule has 9 heavy (non-hydrogen) atoms. The van der Waals surface area contributed by atoms with Crippen molar-refractivity contribution in [3.05, 3.63) is 0 Å². The van der Waals surface area contributed by atoms with Gasteiger partial charge in [-0.15, -0.1) is 0 Å². The van der Waals surface area contributed by atoms with Crippen LogP contribution in [0.25, 0.3) is 0 Å². The Morgan fingerprint density at radius 3 is 2.00 bits per heavy atom. The van der Waals surface area contributed by atoms with Crippen molar-refractivity contribution in [2.75, 3.05) is 6.54 Å². The number of nitrogens with zero attached hydrogens (tertiary/aromatic N) is 1. The number of guanidine groups is 1. The molecule has 48 valence electrons. The molecule has 0 radical (unpaired) electrons. The first kappa shape index (κ1) is 11.5. The van der Waals surface area contributed by atoms with E-state index in [4.69, 9.17) is 11.5 Å². The van der Waals surface area contributed by atoms with Crippen molar-refractivity contribution >= 4 is 11.9 Å². The van der Waals surface area contributed by atoms with Crippen LogP contribution in [0.5, 0.6) is 0 Å². The van der Waals surface area contributed by atoms with E-state index in [0.717, 1.165) is 0 Å². The van der Waals surface area contributed by atoms with Crippen molar-refractivity contribution in [2.45, 2.75) is 0 Å². The zero-order valence-electron chi connectivity index (χ0n) is 6.29. The van der Waals surface area contributed by atoms with Gasteiger partial charge in [-0.2, -0.15) is 0 Å². The third-order valence-corrected chi connectivity index (χ3v) is 0.417. The van der Waals surface area contributed by atoms with Crippen molar-refractivity contribution in [3.8, 4) is 0 Å². The summed E-state index contributed by atoms with van der Waals surface area (Å²) in [5.74, 6) is -0.665. The van der Waals surface area contributed by atoms with Gasteiger partial charge in [0.1, 0.15) is 6.54 Å². The molecule has 1 amide bonds. The van der Waals surface area contributed by atoms with Crippen LogP contribution in [0.3, 0.4) is 0 Å². The molecule has 0 aromatic rings. The zero-order valence-corrected chi connectivity index (χ0v) is 7.29. The SMILES string of the molecule is NC(=O)CN=C(N)N.[H-].[Na+]. The van der Waals surface area contributed by atoms with E-state index in [9.17, 15) is 4.79 Å². The predicted octanol–water partition coefficient (Wildman–Crippen LogP) is -5.14. The van der Waals surface area contributed by atoms with Gasteiger partial charge in [0.25, 0.3) is 0 Å². The maximum Gasteiger partial charge on any atom is 1.00 e. The second-order valence-electron chi connectivity index (χ2n) is 1.21. The Bertz CT molecular complexity index is 124. The van der Waals surface area contributed by atoms with Gasteiger partial charge >= 0.3 is 29.6 Å². The Balaban J connectivity index is -0.000000245. The molecule has 0 fully saturated rings. The molecule has 6 N–H and O–H groups in total. The number of amides is 1. The van der Waals surface area contributed by atoms with Crippen LogP contribution in [0.4, 0.5) is 0 Å². The average molecular weight is 140 g/mol. The van der Waals surface area contributed by atoms with E-state index >= 15 is 0 Å². The molecule has 0 atom stereocenters. The summed E-state index contributed by atoms with van der Waals surface area (Å²) in [5.41, 5.74) is 14.4. The summed E-state index contributed by atoms with van der Waals surface area (Å²) in [6, 6.07) is 0.